The summed E-state index contributed by atoms with van der Waals surface area (Å²) in [6.45, 7) is 0. The van der Waals surface area contributed by atoms with Crippen LogP contribution in [0.5, 0.6) is 11.5 Å². The monoisotopic (exact) mass is 208 g/mol. The molecule has 0 fully saturated rings. The average molecular weight is 208 g/mol. The number of halogens is 3. The number of aliphatic hydroxyl groups is 1. The number of hydrogen-bond acceptors (Lipinski definition) is 3. The molecule has 0 aromatic heterocycles. The smallest absolute Gasteiger partial charge is 0.418 e. The molecule has 0 bridgehead atoms. The van der Waals surface area contributed by atoms with Crippen LogP contribution in [-0.4, -0.2) is 21.5 Å². The second-order valence-electron chi connectivity index (χ2n) is 2.69. The fraction of sp³-hybridized carbons (Fsp3) is 0.250. The number of phenols is 2. The number of hydrogen-bond donors (Lipinski definition) is 3. The molecular formula is C8H7F3O3. The molecule has 0 heterocycles. The molecule has 0 aliphatic heterocycles. The number of benzene rings is 1. The Kier molecular flexibility index (Phi) is 2.57. The summed E-state index contributed by atoms with van der Waals surface area (Å²) in [5.41, 5.74) is -0.521. The van der Waals surface area contributed by atoms with Gasteiger partial charge in [0.05, 0.1) is 0 Å². The van der Waals surface area contributed by atoms with Crippen molar-refractivity contribution in [3.8, 4) is 11.5 Å². The quantitative estimate of drug-likeness (QED) is 0.615. The number of phenolic OH excluding ortho intramolecular Hbond substituents is 2. The summed E-state index contributed by atoms with van der Waals surface area (Å²) in [6, 6.07) is 2.42. The van der Waals surface area contributed by atoms with Crippen molar-refractivity contribution in [2.24, 2.45) is 0 Å². The van der Waals surface area contributed by atoms with Crippen LogP contribution in [0.1, 0.15) is 11.7 Å². The van der Waals surface area contributed by atoms with Gasteiger partial charge in [0.25, 0.3) is 0 Å². The highest BCUT2D eigenvalue weighted by Crippen LogP contribution is 2.35. The zero-order valence-electron chi connectivity index (χ0n) is 6.78. The van der Waals surface area contributed by atoms with Crippen molar-refractivity contribution in [1.29, 1.82) is 0 Å². The molecule has 1 rings (SSSR count). The average Bonchev–Trinajstić information content (AvgIpc) is 2.07. The van der Waals surface area contributed by atoms with Gasteiger partial charge in [-0.05, 0) is 17.7 Å². The lowest BCUT2D eigenvalue weighted by molar-refractivity contribution is -0.206. The molecular weight excluding hydrogens is 201 g/mol. The molecule has 14 heavy (non-hydrogen) atoms. The van der Waals surface area contributed by atoms with E-state index in [1.54, 1.807) is 0 Å². The molecule has 0 radical (unpaired) electrons. The fourth-order valence-electron chi connectivity index (χ4n) is 0.900. The van der Waals surface area contributed by atoms with Crippen molar-refractivity contribution in [3.63, 3.8) is 0 Å². The third-order valence-corrected chi connectivity index (χ3v) is 1.63. The van der Waals surface area contributed by atoms with Gasteiger partial charge in [-0.1, -0.05) is 6.07 Å². The molecule has 1 aromatic carbocycles. The Morgan fingerprint density at radius 3 is 2.07 bits per heavy atom. The summed E-state index contributed by atoms with van der Waals surface area (Å²) < 4.78 is 35.9. The van der Waals surface area contributed by atoms with E-state index in [0.717, 1.165) is 12.1 Å². The van der Waals surface area contributed by atoms with E-state index in [4.69, 9.17) is 15.3 Å². The van der Waals surface area contributed by atoms with Crippen LogP contribution in [0, 0.1) is 0 Å². The SMILES string of the molecule is Oc1ccc([C@H](O)C(F)(F)F)cc1O. The summed E-state index contributed by atoms with van der Waals surface area (Å²) in [4.78, 5) is 0. The van der Waals surface area contributed by atoms with Crippen molar-refractivity contribution in [3.05, 3.63) is 23.8 Å². The number of aliphatic hydroxyl groups excluding tert-OH is 1. The lowest BCUT2D eigenvalue weighted by Crippen LogP contribution is -2.19. The molecule has 0 unspecified atom stereocenters. The van der Waals surface area contributed by atoms with Crippen molar-refractivity contribution in [2.75, 3.05) is 0 Å². The normalized spacial score (nSPS) is 14.0. The van der Waals surface area contributed by atoms with Crippen molar-refractivity contribution in [1.82, 2.24) is 0 Å². The van der Waals surface area contributed by atoms with Gasteiger partial charge in [0, 0.05) is 0 Å². The predicted octanol–water partition coefficient (Wildman–Crippen LogP) is 1.69. The second-order valence-corrected chi connectivity index (χ2v) is 2.69. The highest BCUT2D eigenvalue weighted by molar-refractivity contribution is 5.41. The van der Waals surface area contributed by atoms with Gasteiger partial charge in [0.15, 0.2) is 17.6 Å². The Hall–Kier alpha value is -1.43. The minimum absolute atomic E-state index is 0.521. The maximum Gasteiger partial charge on any atom is 0.418 e. The van der Waals surface area contributed by atoms with Crippen LogP contribution in [0.4, 0.5) is 13.2 Å². The van der Waals surface area contributed by atoms with Gasteiger partial charge in [-0.3, -0.25) is 0 Å². The summed E-state index contributed by atoms with van der Waals surface area (Å²) in [6.07, 6.45) is -7.45. The molecule has 0 aliphatic carbocycles. The predicted molar refractivity (Wildman–Crippen MR) is 40.8 cm³/mol. The van der Waals surface area contributed by atoms with E-state index in [1.165, 1.54) is 0 Å². The molecule has 0 spiro atoms. The molecule has 1 atom stereocenters. The van der Waals surface area contributed by atoms with Crippen LogP contribution in [0.3, 0.4) is 0 Å². The van der Waals surface area contributed by atoms with Crippen LogP contribution >= 0.6 is 0 Å². The summed E-state index contributed by atoms with van der Waals surface area (Å²) in [5.74, 6) is -1.24. The first-order chi connectivity index (χ1) is 6.32. The topological polar surface area (TPSA) is 60.7 Å². The third kappa shape index (κ3) is 2.08. The molecule has 0 saturated carbocycles. The minimum atomic E-state index is -4.79. The zero-order chi connectivity index (χ0) is 10.9. The van der Waals surface area contributed by atoms with Gasteiger partial charge in [-0.15, -0.1) is 0 Å². The number of aromatic hydroxyl groups is 2. The maximum absolute atomic E-state index is 12.0. The Balaban J connectivity index is 3.03. The molecule has 0 aliphatic rings. The van der Waals surface area contributed by atoms with Crippen molar-refractivity contribution >= 4 is 0 Å². The zero-order valence-corrected chi connectivity index (χ0v) is 6.78. The van der Waals surface area contributed by atoms with Gasteiger partial charge in [0.2, 0.25) is 0 Å². The Bertz CT molecular complexity index is 335. The first kappa shape index (κ1) is 10.6. The number of rotatable bonds is 1. The fourth-order valence-corrected chi connectivity index (χ4v) is 0.900. The third-order valence-electron chi connectivity index (χ3n) is 1.63. The summed E-state index contributed by atoms with van der Waals surface area (Å²) in [7, 11) is 0. The molecule has 3 N–H and O–H groups in total. The molecule has 1 aromatic rings. The number of alkyl halides is 3. The first-order valence-corrected chi connectivity index (χ1v) is 3.59. The van der Waals surface area contributed by atoms with Crippen molar-refractivity contribution < 1.29 is 28.5 Å². The molecule has 78 valence electrons. The van der Waals surface area contributed by atoms with Gasteiger partial charge >= 0.3 is 6.18 Å². The standard InChI is InChI=1S/C8H7F3O3/c9-8(10,11)7(14)4-1-2-5(12)6(13)3-4/h1-3,7,12-14H/t7-/m0/s1. The molecule has 3 nitrogen and oxygen atoms in total. The second kappa shape index (κ2) is 3.38. The summed E-state index contributed by atoms with van der Waals surface area (Å²) >= 11 is 0. The van der Waals surface area contributed by atoms with E-state index in [-0.39, 0.29) is 0 Å². The van der Waals surface area contributed by atoms with Gasteiger partial charge in [-0.25, -0.2) is 0 Å². The lowest BCUT2D eigenvalue weighted by Gasteiger charge is -2.14. The van der Waals surface area contributed by atoms with E-state index in [2.05, 4.69) is 0 Å². The Morgan fingerprint density at radius 1 is 1.07 bits per heavy atom. The van der Waals surface area contributed by atoms with E-state index in [1.807, 2.05) is 0 Å². The Morgan fingerprint density at radius 2 is 1.64 bits per heavy atom. The van der Waals surface area contributed by atoms with E-state index >= 15 is 0 Å². The van der Waals surface area contributed by atoms with Crippen LogP contribution in [0.15, 0.2) is 18.2 Å². The molecule has 6 heteroatoms. The van der Waals surface area contributed by atoms with Crippen LogP contribution in [-0.2, 0) is 0 Å². The van der Waals surface area contributed by atoms with E-state index < -0.39 is 29.3 Å². The van der Waals surface area contributed by atoms with Crippen LogP contribution < -0.4 is 0 Å². The van der Waals surface area contributed by atoms with Crippen LogP contribution in [0.2, 0.25) is 0 Å². The van der Waals surface area contributed by atoms with Crippen LogP contribution in [0.25, 0.3) is 0 Å². The van der Waals surface area contributed by atoms with Crippen molar-refractivity contribution in [2.45, 2.75) is 12.3 Å². The highest BCUT2D eigenvalue weighted by Gasteiger charge is 2.39. The van der Waals surface area contributed by atoms with E-state index in [0.29, 0.717) is 6.07 Å². The van der Waals surface area contributed by atoms with Gasteiger partial charge in [-0.2, -0.15) is 13.2 Å². The van der Waals surface area contributed by atoms with Gasteiger partial charge < -0.3 is 15.3 Å². The summed E-state index contributed by atoms with van der Waals surface area (Å²) in [5, 5.41) is 26.5. The van der Waals surface area contributed by atoms with E-state index in [9.17, 15) is 13.2 Å². The molecule has 0 saturated heterocycles. The maximum atomic E-state index is 12.0. The van der Waals surface area contributed by atoms with Gasteiger partial charge in [0.1, 0.15) is 0 Å². The highest BCUT2D eigenvalue weighted by atomic mass is 19.4. The largest absolute Gasteiger partial charge is 0.504 e. The first-order valence-electron chi connectivity index (χ1n) is 3.59. The minimum Gasteiger partial charge on any atom is -0.504 e. The Labute approximate surface area is 77.0 Å². The molecule has 0 amide bonds. The lowest BCUT2D eigenvalue weighted by atomic mass is 10.1.